The minimum absolute atomic E-state index is 0.201. The van der Waals surface area contributed by atoms with Crippen LogP contribution in [0.2, 0.25) is 0 Å². The Labute approximate surface area is 87.7 Å². The second-order valence-corrected chi connectivity index (χ2v) is 3.26. The zero-order valence-electron chi connectivity index (χ0n) is 8.99. The molecule has 1 aliphatic rings. The summed E-state index contributed by atoms with van der Waals surface area (Å²) in [6.07, 6.45) is 0.244. The lowest BCUT2D eigenvalue weighted by Gasteiger charge is -2.24. The van der Waals surface area contributed by atoms with Crippen LogP contribution in [0.25, 0.3) is 0 Å². The van der Waals surface area contributed by atoms with E-state index in [0.717, 1.165) is 0 Å². The fraction of sp³-hybridized carbons (Fsp3) is 0.600. The zero-order chi connectivity index (χ0) is 11.6. The maximum atomic E-state index is 11.7. The predicted octanol–water partition coefficient (Wildman–Crippen LogP) is 1.09. The molecule has 0 spiro atoms. The third kappa shape index (κ3) is 1.58. The van der Waals surface area contributed by atoms with Gasteiger partial charge in [0.05, 0.1) is 6.61 Å². The van der Waals surface area contributed by atoms with Crippen LogP contribution in [0.15, 0.2) is 11.3 Å². The van der Waals surface area contributed by atoms with Gasteiger partial charge in [-0.15, -0.1) is 0 Å². The molecular formula is C10H14O5. The van der Waals surface area contributed by atoms with E-state index in [1.165, 1.54) is 6.92 Å². The quantitative estimate of drug-likeness (QED) is 0.712. The molecule has 0 saturated heterocycles. The van der Waals surface area contributed by atoms with E-state index in [0.29, 0.717) is 0 Å². The molecule has 0 fully saturated rings. The number of hydrogen-bond donors (Lipinski definition) is 1. The van der Waals surface area contributed by atoms with Crippen LogP contribution < -0.4 is 0 Å². The van der Waals surface area contributed by atoms with Gasteiger partial charge in [0.25, 0.3) is 0 Å². The van der Waals surface area contributed by atoms with Crippen molar-refractivity contribution in [1.82, 2.24) is 0 Å². The SMILES string of the molecule is CCOC(=O)C1(CC)OC(=O)C(O)=C1C. The highest BCUT2D eigenvalue weighted by Crippen LogP contribution is 2.35. The highest BCUT2D eigenvalue weighted by atomic mass is 16.6. The molecule has 1 aliphatic heterocycles. The summed E-state index contributed by atoms with van der Waals surface area (Å²) >= 11 is 0. The molecular weight excluding hydrogens is 200 g/mol. The average Bonchev–Trinajstić information content (AvgIpc) is 2.44. The molecule has 5 nitrogen and oxygen atoms in total. The van der Waals surface area contributed by atoms with E-state index in [1.54, 1.807) is 13.8 Å². The highest BCUT2D eigenvalue weighted by Gasteiger charge is 2.51. The molecule has 5 heteroatoms. The first-order valence-corrected chi connectivity index (χ1v) is 4.80. The molecule has 0 aromatic carbocycles. The number of aliphatic hydroxyl groups excluding tert-OH is 1. The van der Waals surface area contributed by atoms with Crippen LogP contribution in [-0.2, 0) is 19.1 Å². The molecule has 1 unspecified atom stereocenters. The van der Waals surface area contributed by atoms with E-state index < -0.39 is 23.3 Å². The molecule has 0 amide bonds. The van der Waals surface area contributed by atoms with Gasteiger partial charge < -0.3 is 14.6 Å². The van der Waals surface area contributed by atoms with E-state index in [1.807, 2.05) is 0 Å². The van der Waals surface area contributed by atoms with Gasteiger partial charge in [-0.25, -0.2) is 9.59 Å². The average molecular weight is 214 g/mol. The van der Waals surface area contributed by atoms with E-state index in [-0.39, 0.29) is 18.6 Å². The lowest BCUT2D eigenvalue weighted by molar-refractivity contribution is -0.173. The second-order valence-electron chi connectivity index (χ2n) is 3.26. The Morgan fingerprint density at radius 1 is 1.53 bits per heavy atom. The lowest BCUT2D eigenvalue weighted by Crippen LogP contribution is -2.41. The van der Waals surface area contributed by atoms with Crippen LogP contribution >= 0.6 is 0 Å². The Balaban J connectivity index is 3.08. The lowest BCUT2D eigenvalue weighted by atomic mass is 9.93. The Morgan fingerprint density at radius 2 is 2.13 bits per heavy atom. The molecule has 1 heterocycles. The van der Waals surface area contributed by atoms with Crippen molar-refractivity contribution in [1.29, 1.82) is 0 Å². The summed E-state index contributed by atoms with van der Waals surface area (Å²) in [6.45, 7) is 5.04. The van der Waals surface area contributed by atoms with Crippen molar-refractivity contribution in [3.63, 3.8) is 0 Å². The van der Waals surface area contributed by atoms with E-state index in [2.05, 4.69) is 0 Å². The molecule has 1 rings (SSSR count). The van der Waals surface area contributed by atoms with Gasteiger partial charge in [-0.2, -0.15) is 0 Å². The van der Waals surface area contributed by atoms with Gasteiger partial charge in [-0.3, -0.25) is 0 Å². The van der Waals surface area contributed by atoms with Crippen molar-refractivity contribution >= 4 is 11.9 Å². The van der Waals surface area contributed by atoms with Crippen molar-refractivity contribution in [3.05, 3.63) is 11.3 Å². The van der Waals surface area contributed by atoms with Gasteiger partial charge in [-0.05, 0) is 20.3 Å². The Bertz CT molecular complexity index is 331. The predicted molar refractivity (Wildman–Crippen MR) is 51.1 cm³/mol. The standard InChI is InChI=1S/C10H14O5/c1-4-10(9(13)14-5-2)6(3)7(11)8(12)15-10/h11H,4-5H2,1-3H3. The number of carbonyl (C=O) groups excluding carboxylic acids is 2. The van der Waals surface area contributed by atoms with Crippen molar-refractivity contribution in [2.45, 2.75) is 32.8 Å². The summed E-state index contributed by atoms with van der Waals surface area (Å²) in [6, 6.07) is 0. The third-order valence-electron chi connectivity index (χ3n) is 2.52. The number of rotatable bonds is 3. The molecule has 0 saturated carbocycles. The number of aliphatic hydroxyl groups is 1. The largest absolute Gasteiger partial charge is 0.502 e. The van der Waals surface area contributed by atoms with Crippen LogP contribution in [0.5, 0.6) is 0 Å². The van der Waals surface area contributed by atoms with E-state index in [9.17, 15) is 14.7 Å². The summed E-state index contributed by atoms with van der Waals surface area (Å²) in [7, 11) is 0. The molecule has 0 aromatic rings. The van der Waals surface area contributed by atoms with Crippen molar-refractivity contribution in [2.24, 2.45) is 0 Å². The normalized spacial score (nSPS) is 25.4. The highest BCUT2D eigenvalue weighted by molar-refractivity contribution is 5.98. The summed E-state index contributed by atoms with van der Waals surface area (Å²) in [4.78, 5) is 22.8. The molecule has 0 aliphatic carbocycles. The topological polar surface area (TPSA) is 72.8 Å². The van der Waals surface area contributed by atoms with Crippen LogP contribution in [0.1, 0.15) is 27.2 Å². The Kier molecular flexibility index (Phi) is 3.02. The first-order chi connectivity index (χ1) is 6.99. The monoisotopic (exact) mass is 214 g/mol. The van der Waals surface area contributed by atoms with Crippen LogP contribution in [0.3, 0.4) is 0 Å². The fourth-order valence-corrected chi connectivity index (χ4v) is 1.55. The van der Waals surface area contributed by atoms with Gasteiger partial charge in [-0.1, -0.05) is 6.92 Å². The Hall–Kier alpha value is -1.52. The molecule has 0 radical (unpaired) electrons. The fourth-order valence-electron chi connectivity index (χ4n) is 1.55. The number of carbonyl (C=O) groups is 2. The van der Waals surface area contributed by atoms with Crippen LogP contribution in [-0.4, -0.2) is 29.3 Å². The van der Waals surface area contributed by atoms with Crippen molar-refractivity contribution in [3.8, 4) is 0 Å². The van der Waals surface area contributed by atoms with Gasteiger partial charge >= 0.3 is 11.9 Å². The number of cyclic esters (lactones) is 1. The van der Waals surface area contributed by atoms with Gasteiger partial charge in [0.2, 0.25) is 11.4 Å². The number of ether oxygens (including phenoxy) is 2. The van der Waals surface area contributed by atoms with Crippen LogP contribution in [0, 0.1) is 0 Å². The summed E-state index contributed by atoms with van der Waals surface area (Å²) in [5.74, 6) is -2.00. The summed E-state index contributed by atoms with van der Waals surface area (Å²) in [5, 5.41) is 9.35. The zero-order valence-corrected chi connectivity index (χ0v) is 8.99. The number of esters is 2. The molecule has 15 heavy (non-hydrogen) atoms. The minimum atomic E-state index is -1.43. The van der Waals surface area contributed by atoms with E-state index >= 15 is 0 Å². The molecule has 1 N–H and O–H groups in total. The van der Waals surface area contributed by atoms with Crippen molar-refractivity contribution in [2.75, 3.05) is 6.61 Å². The van der Waals surface area contributed by atoms with Crippen molar-refractivity contribution < 1.29 is 24.2 Å². The number of hydrogen-bond acceptors (Lipinski definition) is 5. The molecule has 1 atom stereocenters. The maximum absolute atomic E-state index is 11.7. The van der Waals surface area contributed by atoms with Gasteiger partial charge in [0.1, 0.15) is 0 Å². The van der Waals surface area contributed by atoms with Gasteiger partial charge in [0.15, 0.2) is 0 Å². The first-order valence-electron chi connectivity index (χ1n) is 4.80. The Morgan fingerprint density at radius 3 is 2.47 bits per heavy atom. The van der Waals surface area contributed by atoms with E-state index in [4.69, 9.17) is 9.47 Å². The summed E-state index contributed by atoms with van der Waals surface area (Å²) < 4.78 is 9.73. The maximum Gasteiger partial charge on any atom is 0.374 e. The molecule has 84 valence electrons. The molecule has 0 aromatic heterocycles. The summed E-state index contributed by atoms with van der Waals surface area (Å²) in [5.41, 5.74) is -1.22. The smallest absolute Gasteiger partial charge is 0.374 e. The van der Waals surface area contributed by atoms with Gasteiger partial charge in [0, 0.05) is 5.57 Å². The van der Waals surface area contributed by atoms with Crippen LogP contribution in [0.4, 0.5) is 0 Å². The molecule has 0 bridgehead atoms. The third-order valence-corrected chi connectivity index (χ3v) is 2.52. The minimum Gasteiger partial charge on any atom is -0.502 e. The first kappa shape index (κ1) is 11.6. The second kappa shape index (κ2) is 3.92.